The van der Waals surface area contributed by atoms with E-state index in [-0.39, 0.29) is 5.96 Å². The smallest absolute Gasteiger partial charge is 0.280 e. The number of guanidine groups is 1. The van der Waals surface area contributed by atoms with Crippen LogP contribution in [0.2, 0.25) is 0 Å². The number of thioether (sulfide) groups is 1. The Bertz CT molecular complexity index is 1560. The lowest BCUT2D eigenvalue weighted by Gasteiger charge is -2.27. The monoisotopic (exact) mass is 549 g/mol. The predicted octanol–water partition coefficient (Wildman–Crippen LogP) is 6.38. The Labute approximate surface area is 241 Å². The molecule has 0 aliphatic carbocycles. The number of nitrogens with two attached hydrogens (primary N) is 1. The molecular formula is C33H37N6S+. The molecule has 204 valence electrons. The molecule has 0 saturated carbocycles. The number of hydrogen-bond acceptors (Lipinski definition) is 4. The number of aryl methyl sites for hydroxylation is 1. The summed E-state index contributed by atoms with van der Waals surface area (Å²) in [6, 6.07) is 28.3. The number of nitrogens with zero attached hydrogens (tertiary/aromatic N) is 3. The number of para-hydroxylation sites is 3. The van der Waals surface area contributed by atoms with Crippen molar-refractivity contribution in [3.8, 4) is 5.69 Å². The van der Waals surface area contributed by atoms with Gasteiger partial charge in [-0.3, -0.25) is 10.7 Å². The van der Waals surface area contributed by atoms with E-state index >= 15 is 0 Å². The molecule has 3 heterocycles. The number of hydrogen-bond donors (Lipinski definition) is 3. The summed E-state index contributed by atoms with van der Waals surface area (Å²) in [5, 5.41) is 14.2. The average molecular weight is 550 g/mol. The highest BCUT2D eigenvalue weighted by molar-refractivity contribution is 8.03. The van der Waals surface area contributed by atoms with Crippen LogP contribution in [0.5, 0.6) is 0 Å². The van der Waals surface area contributed by atoms with Crippen LogP contribution in [0.3, 0.4) is 0 Å². The van der Waals surface area contributed by atoms with Gasteiger partial charge < -0.3 is 15.5 Å². The first-order chi connectivity index (χ1) is 19.6. The minimum atomic E-state index is 0.150. The molecule has 7 heteroatoms. The molecule has 0 atom stereocenters. The third-order valence-corrected chi connectivity index (χ3v) is 8.79. The molecule has 40 heavy (non-hydrogen) atoms. The lowest BCUT2D eigenvalue weighted by atomic mass is 10.0. The van der Waals surface area contributed by atoms with Crippen LogP contribution in [0, 0.1) is 5.41 Å². The molecule has 4 aromatic rings. The summed E-state index contributed by atoms with van der Waals surface area (Å²) in [7, 11) is 0. The van der Waals surface area contributed by atoms with Crippen molar-refractivity contribution in [3.63, 3.8) is 0 Å². The van der Waals surface area contributed by atoms with E-state index in [1.807, 2.05) is 16.7 Å². The van der Waals surface area contributed by atoms with Crippen molar-refractivity contribution in [3.05, 3.63) is 95.0 Å². The topological polar surface area (TPSA) is 72.3 Å². The Hall–Kier alpha value is -3.97. The van der Waals surface area contributed by atoms with Crippen molar-refractivity contribution < 1.29 is 4.57 Å². The van der Waals surface area contributed by atoms with Gasteiger partial charge in [-0.25, -0.2) is 0 Å². The molecule has 6 rings (SSSR count). The first-order valence-corrected chi connectivity index (χ1v) is 15.1. The second-order valence-corrected chi connectivity index (χ2v) is 11.5. The van der Waals surface area contributed by atoms with E-state index in [2.05, 4.69) is 107 Å². The van der Waals surface area contributed by atoms with Crippen LogP contribution >= 0.6 is 11.8 Å². The van der Waals surface area contributed by atoms with Gasteiger partial charge in [0, 0.05) is 42.4 Å². The Morgan fingerprint density at radius 1 is 1.07 bits per heavy atom. The van der Waals surface area contributed by atoms with E-state index in [1.165, 1.54) is 44.1 Å². The van der Waals surface area contributed by atoms with Crippen LogP contribution in [-0.4, -0.2) is 37.0 Å². The Balaban J connectivity index is 1.39. The van der Waals surface area contributed by atoms with Crippen LogP contribution in [0.15, 0.2) is 88.8 Å². The third-order valence-electron chi connectivity index (χ3n) is 7.69. The van der Waals surface area contributed by atoms with E-state index in [0.717, 1.165) is 56.9 Å². The van der Waals surface area contributed by atoms with E-state index < -0.39 is 0 Å². The summed E-state index contributed by atoms with van der Waals surface area (Å²) in [4.78, 5) is 5.83. The zero-order valence-corrected chi connectivity index (χ0v) is 23.9. The molecule has 2 aliphatic rings. The molecule has 4 N–H and O–H groups in total. The Morgan fingerprint density at radius 3 is 2.73 bits per heavy atom. The highest BCUT2D eigenvalue weighted by Crippen LogP contribution is 2.50. The van der Waals surface area contributed by atoms with Crippen molar-refractivity contribution >= 4 is 46.2 Å². The second-order valence-electron chi connectivity index (χ2n) is 10.4. The second kappa shape index (κ2) is 11.6. The molecule has 0 saturated heterocycles. The van der Waals surface area contributed by atoms with Crippen LogP contribution in [-0.2, 0) is 6.42 Å². The van der Waals surface area contributed by atoms with Gasteiger partial charge in [-0.1, -0.05) is 67.2 Å². The lowest BCUT2D eigenvalue weighted by Crippen LogP contribution is -2.39. The van der Waals surface area contributed by atoms with Gasteiger partial charge in [-0.15, -0.1) is 0 Å². The molecule has 0 bridgehead atoms. The molecule has 6 nitrogen and oxygen atoms in total. The fourth-order valence-electron chi connectivity index (χ4n) is 5.87. The van der Waals surface area contributed by atoms with E-state index in [9.17, 15) is 0 Å². The third kappa shape index (κ3) is 5.13. The predicted molar refractivity (Wildman–Crippen MR) is 168 cm³/mol. The molecular weight excluding hydrogens is 512 g/mol. The van der Waals surface area contributed by atoms with Gasteiger partial charge in [0.15, 0.2) is 5.96 Å². The lowest BCUT2D eigenvalue weighted by molar-refractivity contribution is -0.551. The molecule has 2 aliphatic heterocycles. The standard InChI is InChI=1S/C33H36N6S/c1-2-19-37(33(34)35)20-10-18-36-30-22-25(23-31-38-21-9-12-24-11-8-17-29(40-31)32(24)38)27-15-6-7-16-28(27)39(30)26-13-4-3-5-14-26/h3-8,11,13-17,22-23H,2,9-10,12,18-21H2,1H3,(H3,34,35)/p+1/b31-23-. The van der Waals surface area contributed by atoms with E-state index in [4.69, 9.17) is 11.1 Å². The van der Waals surface area contributed by atoms with E-state index in [1.54, 1.807) is 0 Å². The van der Waals surface area contributed by atoms with Crippen molar-refractivity contribution in [2.45, 2.75) is 37.5 Å². The normalized spacial score (nSPS) is 14.9. The maximum atomic E-state index is 7.89. The number of aromatic nitrogens is 1. The maximum Gasteiger partial charge on any atom is 0.280 e. The Morgan fingerprint density at radius 2 is 1.90 bits per heavy atom. The highest BCUT2D eigenvalue weighted by Gasteiger charge is 2.30. The summed E-state index contributed by atoms with van der Waals surface area (Å²) < 4.78 is 2.32. The molecule has 1 aromatic heterocycles. The van der Waals surface area contributed by atoms with Gasteiger partial charge in [-0.2, -0.15) is 4.57 Å². The summed E-state index contributed by atoms with van der Waals surface area (Å²) in [5.41, 5.74) is 12.2. The zero-order chi connectivity index (χ0) is 27.5. The summed E-state index contributed by atoms with van der Waals surface area (Å²) in [6.07, 6.45) is 6.58. The number of anilines is 2. The average Bonchev–Trinajstić information content (AvgIpc) is 3.34. The van der Waals surface area contributed by atoms with Crippen molar-refractivity contribution in [2.24, 2.45) is 5.73 Å². The first-order valence-electron chi connectivity index (χ1n) is 14.3. The zero-order valence-electron chi connectivity index (χ0n) is 23.1. The fourth-order valence-corrected chi connectivity index (χ4v) is 7.06. The fraction of sp³-hybridized carbons (Fsp3) is 0.273. The molecule has 0 fully saturated rings. The number of nitrogens with one attached hydrogen (secondary N) is 2. The van der Waals surface area contributed by atoms with Crippen LogP contribution in [0.25, 0.3) is 22.7 Å². The molecule has 0 amide bonds. The number of benzene rings is 3. The first kappa shape index (κ1) is 26.3. The van der Waals surface area contributed by atoms with Crippen LogP contribution < -0.4 is 20.5 Å². The summed E-state index contributed by atoms with van der Waals surface area (Å²) in [6.45, 7) is 5.54. The molecule has 0 unspecified atom stereocenters. The van der Waals surface area contributed by atoms with Crippen molar-refractivity contribution in [1.82, 2.24) is 4.90 Å². The minimum absolute atomic E-state index is 0.150. The van der Waals surface area contributed by atoms with Gasteiger partial charge in [0.2, 0.25) is 0 Å². The van der Waals surface area contributed by atoms with Gasteiger partial charge in [0.1, 0.15) is 11.2 Å². The summed E-state index contributed by atoms with van der Waals surface area (Å²) >= 11 is 1.89. The van der Waals surface area contributed by atoms with Gasteiger partial charge in [0.25, 0.3) is 5.82 Å². The number of fused-ring (bicyclic) bond motifs is 1. The van der Waals surface area contributed by atoms with Crippen LogP contribution in [0.1, 0.15) is 37.3 Å². The highest BCUT2D eigenvalue weighted by atomic mass is 32.2. The van der Waals surface area contributed by atoms with Crippen molar-refractivity contribution in [1.29, 1.82) is 5.41 Å². The van der Waals surface area contributed by atoms with Crippen molar-refractivity contribution in [2.75, 3.05) is 36.4 Å². The largest absolute Gasteiger partial charge is 0.370 e. The SMILES string of the molecule is CCCN(CCCNc1cc(/C=C2\Sc3cccc4c3N2CCC4)c2ccccc2[n+]1-c1ccccc1)C(=N)N. The quantitative estimate of drug-likeness (QED) is 0.0978. The van der Waals surface area contributed by atoms with Gasteiger partial charge >= 0.3 is 0 Å². The minimum Gasteiger partial charge on any atom is -0.370 e. The summed E-state index contributed by atoms with van der Waals surface area (Å²) in [5.74, 6) is 1.21. The molecule has 0 spiro atoms. The maximum absolute atomic E-state index is 7.89. The molecule has 0 radical (unpaired) electrons. The number of pyridine rings is 1. The van der Waals surface area contributed by atoms with Crippen LogP contribution in [0.4, 0.5) is 11.5 Å². The number of rotatable bonds is 9. The Kier molecular flexibility index (Phi) is 7.64. The van der Waals surface area contributed by atoms with E-state index in [0.29, 0.717) is 0 Å². The van der Waals surface area contributed by atoms with Gasteiger partial charge in [-0.05, 0) is 60.7 Å². The molecule has 3 aromatic carbocycles. The van der Waals surface area contributed by atoms with Gasteiger partial charge in [0.05, 0.1) is 17.3 Å².